The van der Waals surface area contributed by atoms with Gasteiger partial charge in [0.25, 0.3) is 0 Å². The molecule has 0 aliphatic rings. The second-order valence-corrected chi connectivity index (χ2v) is 5.30. The van der Waals surface area contributed by atoms with Crippen LogP contribution in [0, 0.1) is 0 Å². The molecule has 2 rings (SSSR count). The molecule has 0 radical (unpaired) electrons. The fourth-order valence-corrected chi connectivity index (χ4v) is 2.63. The molecule has 0 aliphatic carbocycles. The van der Waals surface area contributed by atoms with Gasteiger partial charge in [-0.15, -0.1) is 13.2 Å². The summed E-state index contributed by atoms with van der Waals surface area (Å²) in [7, 11) is 0. The van der Waals surface area contributed by atoms with E-state index in [0.717, 1.165) is 5.56 Å². The van der Waals surface area contributed by atoms with Crippen molar-refractivity contribution in [3.05, 3.63) is 84.0 Å². The summed E-state index contributed by atoms with van der Waals surface area (Å²) in [5, 5.41) is 19.9. The highest BCUT2D eigenvalue weighted by atomic mass is 16.3. The fourth-order valence-electron chi connectivity index (χ4n) is 2.63. The van der Waals surface area contributed by atoms with E-state index in [1.54, 1.807) is 42.5 Å². The first kappa shape index (κ1) is 16.6. The van der Waals surface area contributed by atoms with Gasteiger partial charge < -0.3 is 10.2 Å². The number of allylic oxidation sites excluding steroid dienone is 2. The predicted molar refractivity (Wildman–Crippen MR) is 92.1 cm³/mol. The molecule has 0 spiro atoms. The van der Waals surface area contributed by atoms with Gasteiger partial charge in [0.05, 0.1) is 0 Å². The van der Waals surface area contributed by atoms with Gasteiger partial charge in [-0.25, -0.2) is 0 Å². The molecule has 3 nitrogen and oxygen atoms in total. The first-order valence-corrected chi connectivity index (χ1v) is 7.44. The molecule has 23 heavy (non-hydrogen) atoms. The van der Waals surface area contributed by atoms with Gasteiger partial charge >= 0.3 is 0 Å². The van der Waals surface area contributed by atoms with E-state index in [9.17, 15) is 15.0 Å². The van der Waals surface area contributed by atoms with E-state index < -0.39 is 0 Å². The molecule has 0 atom stereocenters. The van der Waals surface area contributed by atoms with Gasteiger partial charge in [-0.3, -0.25) is 4.79 Å². The molecular weight excluding hydrogens is 288 g/mol. The van der Waals surface area contributed by atoms with Crippen LogP contribution in [0.25, 0.3) is 0 Å². The van der Waals surface area contributed by atoms with Crippen LogP contribution in [0.4, 0.5) is 0 Å². The van der Waals surface area contributed by atoms with Crippen LogP contribution in [0.15, 0.2) is 61.7 Å². The first-order valence-electron chi connectivity index (χ1n) is 7.44. The van der Waals surface area contributed by atoms with Gasteiger partial charge in [0.1, 0.15) is 11.5 Å². The summed E-state index contributed by atoms with van der Waals surface area (Å²) in [6.07, 6.45) is 4.43. The minimum absolute atomic E-state index is 0.0953. The Kier molecular flexibility index (Phi) is 5.36. The van der Waals surface area contributed by atoms with E-state index in [2.05, 4.69) is 13.2 Å². The van der Waals surface area contributed by atoms with Crippen LogP contribution in [0.2, 0.25) is 0 Å². The van der Waals surface area contributed by atoms with Gasteiger partial charge in [-0.1, -0.05) is 36.4 Å². The molecule has 0 heterocycles. The summed E-state index contributed by atoms with van der Waals surface area (Å²) in [5.41, 5.74) is 2.54. The molecule has 0 saturated heterocycles. The van der Waals surface area contributed by atoms with Crippen LogP contribution < -0.4 is 0 Å². The first-order chi connectivity index (χ1) is 11.1. The Morgan fingerprint density at radius 1 is 0.913 bits per heavy atom. The highest BCUT2D eigenvalue weighted by molar-refractivity contribution is 5.99. The predicted octanol–water partition coefficient (Wildman–Crippen LogP) is 3.98. The number of carbonyl (C=O) groups is 1. The number of aromatic hydroxyl groups is 2. The number of Topliss-reactive ketones (excluding diaryl/α,β-unsaturated/α-hetero) is 1. The van der Waals surface area contributed by atoms with Gasteiger partial charge in [0, 0.05) is 23.1 Å². The lowest BCUT2D eigenvalue weighted by Crippen LogP contribution is -2.09. The fraction of sp³-hybridized carbons (Fsp3) is 0.150. The molecule has 2 N–H and O–H groups in total. The topological polar surface area (TPSA) is 57.5 Å². The Labute approximate surface area is 136 Å². The van der Waals surface area contributed by atoms with Gasteiger partial charge in [0.15, 0.2) is 5.78 Å². The van der Waals surface area contributed by atoms with Crippen molar-refractivity contribution in [2.75, 3.05) is 0 Å². The van der Waals surface area contributed by atoms with Crippen LogP contribution in [0.5, 0.6) is 11.5 Å². The van der Waals surface area contributed by atoms with E-state index in [0.29, 0.717) is 29.5 Å². The highest BCUT2D eigenvalue weighted by Gasteiger charge is 2.16. The lowest BCUT2D eigenvalue weighted by Gasteiger charge is -2.12. The van der Waals surface area contributed by atoms with Crippen LogP contribution in [0.1, 0.15) is 27.0 Å². The molecular formula is C20H20O3. The van der Waals surface area contributed by atoms with Crippen molar-refractivity contribution >= 4 is 5.78 Å². The van der Waals surface area contributed by atoms with Crippen molar-refractivity contribution in [1.82, 2.24) is 0 Å². The van der Waals surface area contributed by atoms with Crippen LogP contribution in [-0.2, 0) is 19.3 Å². The molecule has 118 valence electrons. The molecule has 0 aromatic heterocycles. The molecule has 0 saturated carbocycles. The summed E-state index contributed by atoms with van der Waals surface area (Å²) in [6, 6.07) is 10.1. The normalized spacial score (nSPS) is 10.3. The van der Waals surface area contributed by atoms with E-state index in [-0.39, 0.29) is 23.7 Å². The van der Waals surface area contributed by atoms with E-state index >= 15 is 0 Å². The average molecular weight is 308 g/mol. The molecule has 0 unspecified atom stereocenters. The van der Waals surface area contributed by atoms with Crippen LogP contribution in [-0.4, -0.2) is 16.0 Å². The Balaban J connectivity index is 2.37. The van der Waals surface area contributed by atoms with Crippen molar-refractivity contribution < 1.29 is 15.0 Å². The highest BCUT2D eigenvalue weighted by Crippen LogP contribution is 2.26. The minimum Gasteiger partial charge on any atom is -0.508 e. The van der Waals surface area contributed by atoms with Crippen molar-refractivity contribution in [2.24, 2.45) is 0 Å². The number of hydrogen-bond donors (Lipinski definition) is 2. The van der Waals surface area contributed by atoms with E-state index in [1.165, 1.54) is 0 Å². The van der Waals surface area contributed by atoms with Gasteiger partial charge in [-0.2, -0.15) is 0 Å². The number of hydrogen-bond acceptors (Lipinski definition) is 3. The van der Waals surface area contributed by atoms with Crippen LogP contribution in [0.3, 0.4) is 0 Å². The quantitative estimate of drug-likeness (QED) is 0.601. The third-order valence-electron chi connectivity index (χ3n) is 3.75. The SMILES string of the molecule is C=CCc1c(O)cccc1CC(=O)c1cccc(O)c1CC=C. The summed E-state index contributed by atoms with van der Waals surface area (Å²) in [5.74, 6) is 0.157. The maximum Gasteiger partial charge on any atom is 0.167 e. The molecule has 0 amide bonds. The third kappa shape index (κ3) is 3.69. The smallest absolute Gasteiger partial charge is 0.167 e. The molecule has 3 heteroatoms. The third-order valence-corrected chi connectivity index (χ3v) is 3.75. The maximum atomic E-state index is 12.7. The summed E-state index contributed by atoms with van der Waals surface area (Å²) in [6.45, 7) is 7.35. The number of rotatable bonds is 7. The zero-order chi connectivity index (χ0) is 16.8. The van der Waals surface area contributed by atoms with Crippen molar-refractivity contribution in [2.45, 2.75) is 19.3 Å². The monoisotopic (exact) mass is 308 g/mol. The minimum atomic E-state index is -0.103. The summed E-state index contributed by atoms with van der Waals surface area (Å²) >= 11 is 0. The largest absolute Gasteiger partial charge is 0.508 e. The molecule has 2 aromatic rings. The number of phenols is 2. The van der Waals surface area contributed by atoms with Crippen molar-refractivity contribution in [3.8, 4) is 11.5 Å². The summed E-state index contributed by atoms with van der Waals surface area (Å²) in [4.78, 5) is 12.7. The summed E-state index contributed by atoms with van der Waals surface area (Å²) < 4.78 is 0. The van der Waals surface area contributed by atoms with Gasteiger partial charge in [0.2, 0.25) is 0 Å². The molecule has 0 fully saturated rings. The Morgan fingerprint density at radius 2 is 1.48 bits per heavy atom. The Hall–Kier alpha value is -2.81. The van der Waals surface area contributed by atoms with Gasteiger partial charge in [-0.05, 0) is 30.5 Å². The molecule has 0 bridgehead atoms. The zero-order valence-electron chi connectivity index (χ0n) is 13.0. The van der Waals surface area contributed by atoms with Crippen molar-refractivity contribution in [3.63, 3.8) is 0 Å². The average Bonchev–Trinajstić information content (AvgIpc) is 2.53. The Morgan fingerprint density at radius 3 is 2.13 bits per heavy atom. The number of phenolic OH excluding ortho intramolecular Hbond substituents is 2. The number of ketones is 1. The van der Waals surface area contributed by atoms with E-state index in [1.807, 2.05) is 6.07 Å². The Bertz CT molecular complexity index is 745. The van der Waals surface area contributed by atoms with Crippen molar-refractivity contribution in [1.29, 1.82) is 0 Å². The second kappa shape index (κ2) is 7.45. The standard InChI is InChI=1S/C20H20O3/c1-3-7-15-14(9-5-11-18(15)21)13-20(23)17-10-6-12-19(22)16(17)8-4-2/h3-6,9-12,21-22H,1-2,7-8,13H2. The van der Waals surface area contributed by atoms with E-state index in [4.69, 9.17) is 0 Å². The number of carbonyl (C=O) groups excluding carboxylic acids is 1. The second-order valence-electron chi connectivity index (χ2n) is 5.30. The van der Waals surface area contributed by atoms with Crippen LogP contribution >= 0.6 is 0 Å². The zero-order valence-corrected chi connectivity index (χ0v) is 13.0. The maximum absolute atomic E-state index is 12.7. The molecule has 0 aliphatic heterocycles. The molecule has 2 aromatic carbocycles. The lowest BCUT2D eigenvalue weighted by atomic mass is 9.93. The number of benzene rings is 2. The lowest BCUT2D eigenvalue weighted by molar-refractivity contribution is 0.0991.